The minimum atomic E-state index is -0.577. The van der Waals surface area contributed by atoms with Gasteiger partial charge in [0, 0.05) is 18.4 Å². The van der Waals surface area contributed by atoms with Crippen molar-refractivity contribution in [2.45, 2.75) is 45.8 Å². The summed E-state index contributed by atoms with van der Waals surface area (Å²) in [5, 5.41) is 0.00416. The molecular weight excluding hydrogens is 328 g/mol. The average molecular weight is 351 g/mol. The van der Waals surface area contributed by atoms with E-state index in [2.05, 4.69) is 0 Å². The highest BCUT2D eigenvalue weighted by atomic mass is 32.2. The molecule has 0 saturated carbocycles. The van der Waals surface area contributed by atoms with E-state index in [1.165, 1.54) is 30.8 Å². The van der Waals surface area contributed by atoms with Crippen LogP contribution in [0.15, 0.2) is 23.7 Å². The predicted molar refractivity (Wildman–Crippen MR) is 98.0 cm³/mol. The second-order valence-electron chi connectivity index (χ2n) is 6.86. The molecule has 0 unspecified atom stereocenters. The summed E-state index contributed by atoms with van der Waals surface area (Å²) < 4.78 is 25.4. The van der Waals surface area contributed by atoms with Gasteiger partial charge in [-0.1, -0.05) is 23.9 Å². The van der Waals surface area contributed by atoms with Gasteiger partial charge in [-0.25, -0.2) is 4.39 Å². The second kappa shape index (κ2) is 6.90. The maximum atomic E-state index is 13.2. The Labute approximate surface area is 147 Å². The van der Waals surface area contributed by atoms with Crippen LogP contribution >= 0.6 is 11.8 Å². The number of hydrogen-bond acceptors (Lipinski definition) is 5. The van der Waals surface area contributed by atoms with Gasteiger partial charge in [-0.15, -0.1) is 0 Å². The van der Waals surface area contributed by atoms with Crippen molar-refractivity contribution in [3.05, 3.63) is 35.1 Å². The summed E-state index contributed by atoms with van der Waals surface area (Å²) in [6, 6.07) is 4.22. The number of nitrogens with two attached hydrogens (primary N) is 1. The zero-order chi connectivity index (χ0) is 18.1. The van der Waals surface area contributed by atoms with Crippen LogP contribution in [0.3, 0.4) is 0 Å². The van der Waals surface area contributed by atoms with Gasteiger partial charge in [-0.3, -0.25) is 4.79 Å². The Morgan fingerprint density at radius 3 is 2.38 bits per heavy atom. The molecule has 0 spiro atoms. The van der Waals surface area contributed by atoms with E-state index in [1.54, 1.807) is 6.07 Å². The minimum absolute atomic E-state index is 0.00416. The lowest BCUT2D eigenvalue weighted by Crippen LogP contribution is -2.41. The molecule has 0 amide bonds. The molecule has 0 atom stereocenters. The van der Waals surface area contributed by atoms with E-state index in [0.29, 0.717) is 17.0 Å². The van der Waals surface area contributed by atoms with Gasteiger partial charge in [0.2, 0.25) is 0 Å². The molecule has 24 heavy (non-hydrogen) atoms. The molecule has 0 aliphatic carbocycles. The summed E-state index contributed by atoms with van der Waals surface area (Å²) >= 11 is 1.17. The van der Waals surface area contributed by atoms with E-state index in [9.17, 15) is 9.18 Å². The summed E-state index contributed by atoms with van der Waals surface area (Å²) in [5.74, 6) is 0.0307. The molecule has 2 rings (SSSR count). The maximum Gasteiger partial charge on any atom is 0.491 e. The fraction of sp³-hybridized carbons (Fsp3) is 0.471. The number of carbonyl (C=O) groups is 1. The summed E-state index contributed by atoms with van der Waals surface area (Å²) in [4.78, 5) is 11.4. The summed E-state index contributed by atoms with van der Waals surface area (Å²) in [6.07, 6.45) is 1.81. The number of halogens is 1. The van der Waals surface area contributed by atoms with Crippen LogP contribution < -0.4 is 5.73 Å². The third-order valence-corrected chi connectivity index (χ3v) is 5.27. The molecule has 1 fully saturated rings. The molecule has 7 heteroatoms. The molecule has 2 N–H and O–H groups in total. The number of benzene rings is 1. The minimum Gasteiger partial charge on any atom is -0.400 e. The topological polar surface area (TPSA) is 61.6 Å². The van der Waals surface area contributed by atoms with Crippen molar-refractivity contribution in [2.24, 2.45) is 0 Å². The van der Waals surface area contributed by atoms with Crippen LogP contribution in [0.1, 0.15) is 40.2 Å². The molecule has 1 aromatic carbocycles. The normalized spacial score (nSPS) is 19.6. The van der Waals surface area contributed by atoms with Crippen LogP contribution in [0, 0.1) is 5.82 Å². The SMILES string of the molecule is CC(=O)SCC(=Cc1ccc(F)cc1N)B1OC(C)(C)C(C)(C)O1. The van der Waals surface area contributed by atoms with Gasteiger partial charge in [-0.2, -0.15) is 0 Å². The zero-order valence-electron chi connectivity index (χ0n) is 14.7. The molecule has 1 heterocycles. The molecule has 1 aromatic rings. The zero-order valence-corrected chi connectivity index (χ0v) is 15.5. The van der Waals surface area contributed by atoms with Crippen LogP contribution in [0.25, 0.3) is 6.08 Å². The molecule has 130 valence electrons. The molecule has 0 radical (unpaired) electrons. The van der Waals surface area contributed by atoms with Gasteiger partial charge >= 0.3 is 7.12 Å². The molecule has 0 aromatic heterocycles. The molecule has 1 aliphatic rings. The fourth-order valence-electron chi connectivity index (χ4n) is 2.23. The molecule has 0 bridgehead atoms. The first-order chi connectivity index (χ1) is 11.0. The van der Waals surface area contributed by atoms with Gasteiger partial charge in [0.1, 0.15) is 5.82 Å². The molecular formula is C17H23BFNO3S. The third kappa shape index (κ3) is 4.20. The number of nitrogen functional groups attached to an aromatic ring is 1. The van der Waals surface area contributed by atoms with Gasteiger partial charge in [-0.05, 0) is 50.9 Å². The highest BCUT2D eigenvalue weighted by Gasteiger charge is 2.52. The van der Waals surface area contributed by atoms with Crippen molar-refractivity contribution >= 4 is 35.8 Å². The second-order valence-corrected chi connectivity index (χ2v) is 8.01. The quantitative estimate of drug-likeness (QED) is 0.662. The number of hydrogen-bond donors (Lipinski definition) is 1. The van der Waals surface area contributed by atoms with Gasteiger partial charge in [0.25, 0.3) is 0 Å². The van der Waals surface area contributed by atoms with Gasteiger partial charge in [0.05, 0.1) is 11.2 Å². The van der Waals surface area contributed by atoms with Crippen molar-refractivity contribution < 1.29 is 18.5 Å². The first-order valence-corrected chi connectivity index (χ1v) is 8.75. The van der Waals surface area contributed by atoms with Crippen LogP contribution in [-0.2, 0) is 14.1 Å². The Kier molecular flexibility index (Phi) is 5.47. The van der Waals surface area contributed by atoms with Crippen LogP contribution in [-0.4, -0.2) is 29.2 Å². The van der Waals surface area contributed by atoms with E-state index < -0.39 is 18.3 Å². The summed E-state index contributed by atoms with van der Waals surface area (Å²) in [5.41, 5.74) is 6.72. The maximum absolute atomic E-state index is 13.2. The highest BCUT2D eigenvalue weighted by molar-refractivity contribution is 8.13. The summed E-state index contributed by atoms with van der Waals surface area (Å²) in [7, 11) is -0.577. The van der Waals surface area contributed by atoms with E-state index in [4.69, 9.17) is 15.0 Å². The van der Waals surface area contributed by atoms with Crippen molar-refractivity contribution in [3.63, 3.8) is 0 Å². The fourth-order valence-corrected chi connectivity index (χ4v) is 2.82. The highest BCUT2D eigenvalue weighted by Crippen LogP contribution is 2.39. The Morgan fingerprint density at radius 2 is 1.88 bits per heavy atom. The number of rotatable bonds is 4. The monoisotopic (exact) mass is 351 g/mol. The van der Waals surface area contributed by atoms with E-state index in [0.717, 1.165) is 5.47 Å². The first-order valence-electron chi connectivity index (χ1n) is 7.76. The summed E-state index contributed by atoms with van der Waals surface area (Å²) in [6.45, 7) is 9.38. The largest absolute Gasteiger partial charge is 0.491 e. The molecule has 1 saturated heterocycles. The van der Waals surface area contributed by atoms with E-state index in [-0.39, 0.29) is 10.9 Å². The van der Waals surface area contributed by atoms with E-state index in [1.807, 2.05) is 33.8 Å². The lowest BCUT2D eigenvalue weighted by Gasteiger charge is -2.32. The molecule has 4 nitrogen and oxygen atoms in total. The Balaban J connectivity index is 2.35. The van der Waals surface area contributed by atoms with E-state index >= 15 is 0 Å². The lowest BCUT2D eigenvalue weighted by molar-refractivity contribution is -0.109. The van der Waals surface area contributed by atoms with Crippen molar-refractivity contribution in [1.29, 1.82) is 0 Å². The van der Waals surface area contributed by atoms with Crippen molar-refractivity contribution in [2.75, 3.05) is 11.5 Å². The van der Waals surface area contributed by atoms with Gasteiger partial charge in [0.15, 0.2) is 5.12 Å². The number of thioether (sulfide) groups is 1. The molecule has 1 aliphatic heterocycles. The van der Waals surface area contributed by atoms with Gasteiger partial charge < -0.3 is 15.0 Å². The Bertz CT molecular complexity index is 660. The van der Waals surface area contributed by atoms with Crippen LogP contribution in [0.5, 0.6) is 0 Å². The smallest absolute Gasteiger partial charge is 0.400 e. The first kappa shape index (κ1) is 19.0. The lowest BCUT2D eigenvalue weighted by atomic mass is 9.78. The third-order valence-electron chi connectivity index (χ3n) is 4.39. The average Bonchev–Trinajstić information content (AvgIpc) is 2.65. The van der Waals surface area contributed by atoms with Crippen molar-refractivity contribution in [3.8, 4) is 0 Å². The predicted octanol–water partition coefficient (Wildman–Crippen LogP) is 3.70. The van der Waals surface area contributed by atoms with Crippen molar-refractivity contribution in [1.82, 2.24) is 0 Å². The standard InChI is InChI=1S/C17H23BFNO3S/c1-11(21)24-10-13(8-12-6-7-14(19)9-15(12)20)18-22-16(2,3)17(4,5)23-18/h6-9H,10,20H2,1-5H3. The van der Waals surface area contributed by atoms with Crippen LogP contribution in [0.4, 0.5) is 10.1 Å². The number of carbonyl (C=O) groups excluding carboxylic acids is 1. The number of anilines is 1. The van der Waals surface area contributed by atoms with Crippen LogP contribution in [0.2, 0.25) is 0 Å². The Hall–Kier alpha value is -1.31. The Morgan fingerprint density at radius 1 is 1.29 bits per heavy atom.